The molecule has 1 aliphatic heterocycles. The van der Waals surface area contributed by atoms with E-state index in [1.807, 2.05) is 41.8 Å². The number of Topliss-reactive ketones (excluding diaryl/α,β-unsaturated/α-hetero) is 2. The number of aromatic nitrogens is 3. The highest BCUT2D eigenvalue weighted by atomic mass is 35.5. The lowest BCUT2D eigenvalue weighted by molar-refractivity contribution is -0.125. The van der Waals surface area contributed by atoms with E-state index in [0.717, 1.165) is 16.8 Å². The molecule has 204 valence electrons. The molecule has 0 saturated carbocycles. The molecule has 1 atom stereocenters. The molecule has 1 aliphatic rings. The van der Waals surface area contributed by atoms with Crippen LogP contribution in [0.4, 0.5) is 0 Å². The molecule has 39 heavy (non-hydrogen) atoms. The second-order valence-electron chi connectivity index (χ2n) is 9.26. The van der Waals surface area contributed by atoms with Gasteiger partial charge in [0.25, 0.3) is 0 Å². The number of ketones is 2. The number of hydrogen-bond acceptors (Lipinski definition) is 8. The van der Waals surface area contributed by atoms with Crippen molar-refractivity contribution in [2.75, 3.05) is 20.2 Å². The fourth-order valence-electron chi connectivity index (χ4n) is 4.45. The molecule has 1 amide bonds. The number of halogens is 1. The summed E-state index contributed by atoms with van der Waals surface area (Å²) in [6.45, 7) is 2.13. The molecule has 0 saturated heterocycles. The van der Waals surface area contributed by atoms with Crippen LogP contribution in [0.15, 0.2) is 47.5 Å². The van der Waals surface area contributed by atoms with Gasteiger partial charge in [-0.3, -0.25) is 23.9 Å². The Labute approximate surface area is 231 Å². The minimum Gasteiger partial charge on any atom is -0.497 e. The zero-order valence-corrected chi connectivity index (χ0v) is 22.7. The van der Waals surface area contributed by atoms with Crippen LogP contribution in [0.3, 0.4) is 0 Å². The van der Waals surface area contributed by atoms with Crippen LogP contribution in [0.1, 0.15) is 60.9 Å². The van der Waals surface area contributed by atoms with Crippen LogP contribution in [0.5, 0.6) is 5.75 Å². The van der Waals surface area contributed by atoms with Gasteiger partial charge in [0, 0.05) is 48.4 Å². The first kappa shape index (κ1) is 28.1. The number of nitrogens with zero attached hydrogens (tertiary/aromatic N) is 4. The van der Waals surface area contributed by atoms with E-state index in [2.05, 4.69) is 15.5 Å². The van der Waals surface area contributed by atoms with Gasteiger partial charge in [0.2, 0.25) is 5.91 Å². The van der Waals surface area contributed by atoms with Gasteiger partial charge in [-0.25, -0.2) is 0 Å². The number of rotatable bonds is 12. The van der Waals surface area contributed by atoms with Crippen molar-refractivity contribution >= 4 is 34.8 Å². The first-order chi connectivity index (χ1) is 18.8. The Morgan fingerprint density at radius 1 is 1.05 bits per heavy atom. The summed E-state index contributed by atoms with van der Waals surface area (Å²) in [5, 5.41) is 12.0. The summed E-state index contributed by atoms with van der Waals surface area (Å²) < 4.78 is 7.43. The van der Waals surface area contributed by atoms with Gasteiger partial charge in [-0.1, -0.05) is 23.7 Å². The number of benzene rings is 2. The Morgan fingerprint density at radius 2 is 1.82 bits per heavy atom. The highest BCUT2D eigenvalue weighted by Crippen LogP contribution is 2.34. The van der Waals surface area contributed by atoms with Crippen LogP contribution < -0.4 is 15.8 Å². The van der Waals surface area contributed by atoms with Crippen LogP contribution in [0, 0.1) is 6.92 Å². The Bertz CT molecular complexity index is 1400. The molecule has 3 aromatic rings. The molecule has 1 aromatic heterocycles. The predicted molar refractivity (Wildman–Crippen MR) is 148 cm³/mol. The highest BCUT2D eigenvalue weighted by Gasteiger charge is 2.29. The molecule has 10 nitrogen and oxygen atoms in total. The molecule has 0 aliphatic carbocycles. The van der Waals surface area contributed by atoms with Crippen LogP contribution in [0.25, 0.3) is 5.69 Å². The van der Waals surface area contributed by atoms with Gasteiger partial charge in [0.05, 0.1) is 25.1 Å². The van der Waals surface area contributed by atoms with Gasteiger partial charge in [0.1, 0.15) is 29.2 Å². The number of carbonyl (C=O) groups is 3. The Balaban J connectivity index is 1.55. The molecular formula is C28H31ClN6O4. The topological polar surface area (TPSA) is 142 Å². The maximum Gasteiger partial charge on any atom is 0.220 e. The van der Waals surface area contributed by atoms with Crippen LogP contribution in [0.2, 0.25) is 5.02 Å². The van der Waals surface area contributed by atoms with Gasteiger partial charge in [-0.15, -0.1) is 10.2 Å². The predicted octanol–water partition coefficient (Wildman–Crippen LogP) is 3.29. The molecule has 0 unspecified atom stereocenters. The normalized spacial score (nSPS) is 14.1. The largest absolute Gasteiger partial charge is 0.497 e. The SMILES string of the molecule is COc1ccc2c(c1)C(c1ccc(Cl)cc1)=N[C@@H](CC(=O)CCCNC(=O)CCC(=O)CN)c1nnc(C)n1-2. The molecule has 4 rings (SSSR count). The molecule has 11 heteroatoms. The van der Waals surface area contributed by atoms with E-state index in [9.17, 15) is 14.4 Å². The van der Waals surface area contributed by atoms with Crippen molar-refractivity contribution in [2.45, 2.75) is 45.1 Å². The second-order valence-corrected chi connectivity index (χ2v) is 9.70. The van der Waals surface area contributed by atoms with E-state index in [1.165, 1.54) is 0 Å². The molecule has 0 spiro atoms. The monoisotopic (exact) mass is 550 g/mol. The van der Waals surface area contributed by atoms with Gasteiger partial charge in [0.15, 0.2) is 5.82 Å². The number of nitrogens with one attached hydrogen (secondary N) is 1. The van der Waals surface area contributed by atoms with Crippen molar-refractivity contribution in [3.8, 4) is 11.4 Å². The molecule has 2 aromatic carbocycles. The number of methoxy groups -OCH3 is 1. The maximum absolute atomic E-state index is 13.1. The molecular weight excluding hydrogens is 520 g/mol. The van der Waals surface area contributed by atoms with Crippen molar-refractivity contribution in [1.29, 1.82) is 0 Å². The lowest BCUT2D eigenvalue weighted by Gasteiger charge is -2.14. The standard InChI is InChI=1S/C28H31ClN6O4/c1-17-33-34-28-24(14-20(36)4-3-13-31-26(38)12-9-21(37)16-30)32-27(18-5-7-19(29)8-6-18)23-15-22(39-2)10-11-25(23)35(17)28/h5-8,10-11,15,24H,3-4,9,12-14,16,30H2,1-2H3,(H,31,38)/t24-/m0/s1. The number of nitrogens with two attached hydrogens (primary N) is 1. The number of ether oxygens (including phenoxy) is 1. The fraction of sp³-hybridized carbons (Fsp3) is 0.357. The van der Waals surface area contributed by atoms with Crippen LogP contribution >= 0.6 is 11.6 Å². The summed E-state index contributed by atoms with van der Waals surface area (Å²) in [5.41, 5.74) is 8.48. The molecule has 0 radical (unpaired) electrons. The Hall–Kier alpha value is -3.89. The lowest BCUT2D eigenvalue weighted by Crippen LogP contribution is -2.26. The van der Waals surface area contributed by atoms with Gasteiger partial charge >= 0.3 is 0 Å². The number of carbonyl (C=O) groups excluding carboxylic acids is 3. The smallest absolute Gasteiger partial charge is 0.220 e. The minimum atomic E-state index is -0.570. The summed E-state index contributed by atoms with van der Waals surface area (Å²) in [6.07, 6.45) is 1.07. The van der Waals surface area contributed by atoms with Crippen molar-refractivity contribution in [3.05, 3.63) is 70.3 Å². The number of amides is 1. The van der Waals surface area contributed by atoms with Crippen molar-refractivity contribution < 1.29 is 19.1 Å². The maximum atomic E-state index is 13.1. The molecule has 2 heterocycles. The van der Waals surface area contributed by atoms with E-state index < -0.39 is 6.04 Å². The zero-order chi connectivity index (χ0) is 27.9. The van der Waals surface area contributed by atoms with Crippen molar-refractivity contribution in [2.24, 2.45) is 10.7 Å². The van der Waals surface area contributed by atoms with Crippen molar-refractivity contribution in [1.82, 2.24) is 20.1 Å². The van der Waals surface area contributed by atoms with E-state index in [1.54, 1.807) is 19.2 Å². The van der Waals surface area contributed by atoms with Crippen molar-refractivity contribution in [3.63, 3.8) is 0 Å². The average molecular weight is 551 g/mol. The zero-order valence-electron chi connectivity index (χ0n) is 21.9. The highest BCUT2D eigenvalue weighted by molar-refractivity contribution is 6.30. The third kappa shape index (κ3) is 6.76. The van der Waals surface area contributed by atoms with Gasteiger partial charge in [-0.2, -0.15) is 0 Å². The van der Waals surface area contributed by atoms with Gasteiger partial charge < -0.3 is 15.8 Å². The minimum absolute atomic E-state index is 0.0116. The number of fused-ring (bicyclic) bond motifs is 3. The van der Waals surface area contributed by atoms with Crippen LogP contribution in [-0.2, 0) is 14.4 Å². The van der Waals surface area contributed by atoms with E-state index in [-0.39, 0.29) is 49.7 Å². The Kier molecular flexibility index (Phi) is 9.21. The summed E-state index contributed by atoms with van der Waals surface area (Å²) >= 11 is 6.15. The van der Waals surface area contributed by atoms with E-state index in [4.69, 9.17) is 27.1 Å². The Morgan fingerprint density at radius 3 is 2.54 bits per heavy atom. The summed E-state index contributed by atoms with van der Waals surface area (Å²) in [7, 11) is 1.61. The summed E-state index contributed by atoms with van der Waals surface area (Å²) in [5.74, 6) is 1.52. The van der Waals surface area contributed by atoms with Gasteiger partial charge in [-0.05, 0) is 43.7 Å². The number of aryl methyl sites for hydroxylation is 1. The third-order valence-electron chi connectivity index (χ3n) is 6.48. The molecule has 0 fully saturated rings. The second kappa shape index (κ2) is 12.8. The third-order valence-corrected chi connectivity index (χ3v) is 6.74. The van der Waals surface area contributed by atoms with E-state index in [0.29, 0.717) is 41.1 Å². The van der Waals surface area contributed by atoms with Crippen LogP contribution in [-0.4, -0.2) is 58.1 Å². The number of hydrogen-bond donors (Lipinski definition) is 2. The molecule has 0 bridgehead atoms. The molecule has 3 N–H and O–H groups in total. The summed E-state index contributed by atoms with van der Waals surface area (Å²) in [4.78, 5) is 41.3. The number of aliphatic imine (C=N–C) groups is 1. The first-order valence-corrected chi connectivity index (χ1v) is 13.1. The summed E-state index contributed by atoms with van der Waals surface area (Å²) in [6, 6.07) is 12.5. The quantitative estimate of drug-likeness (QED) is 0.329. The van der Waals surface area contributed by atoms with E-state index >= 15 is 0 Å². The lowest BCUT2D eigenvalue weighted by atomic mass is 9.99. The average Bonchev–Trinajstić information content (AvgIpc) is 3.26. The first-order valence-electron chi connectivity index (χ1n) is 12.7. The fourth-order valence-corrected chi connectivity index (χ4v) is 4.58.